The van der Waals surface area contributed by atoms with Crippen LogP contribution in [-0.2, 0) is 35.8 Å². The Morgan fingerprint density at radius 3 is 1.39 bits per heavy atom. The first-order chi connectivity index (χ1) is 30.1. The minimum atomic E-state index is -4.91. The van der Waals surface area contributed by atoms with Crippen LogP contribution in [0.3, 0.4) is 0 Å². The van der Waals surface area contributed by atoms with Crippen molar-refractivity contribution in [3.8, 4) is 22.6 Å². The molecule has 0 amide bonds. The van der Waals surface area contributed by atoms with Crippen molar-refractivity contribution < 1.29 is 71.5 Å². The molecule has 0 radical (unpaired) electrons. The molecular formula is C40H38BBrF12N6O6. The predicted octanol–water partition coefficient (Wildman–Crippen LogP) is 9.02. The molecule has 1 fully saturated rings. The van der Waals surface area contributed by atoms with Crippen LogP contribution in [0.5, 0.6) is 11.5 Å². The van der Waals surface area contributed by atoms with Gasteiger partial charge < -0.3 is 27.9 Å². The highest BCUT2D eigenvalue weighted by molar-refractivity contribution is 9.10. The monoisotopic (exact) mass is 1020 g/mol. The van der Waals surface area contributed by atoms with Crippen LogP contribution in [0.1, 0.15) is 50.5 Å². The number of ether oxygens (including phenoxy) is 2. The number of aryl methyl sites for hydroxylation is 4. The highest BCUT2D eigenvalue weighted by Gasteiger charge is 2.51. The lowest BCUT2D eigenvalue weighted by Gasteiger charge is -2.32. The summed E-state index contributed by atoms with van der Waals surface area (Å²) in [6.07, 6.45) is -15.7. The molecule has 0 atom stereocenters. The Bertz CT molecular complexity index is 2810. The van der Waals surface area contributed by atoms with Crippen molar-refractivity contribution >= 4 is 40.1 Å². The fraction of sp³-hybridized carbons (Fsp3) is 0.400. The third-order valence-electron chi connectivity index (χ3n) is 10.3. The smallest absolute Gasteiger partial charge is 0.484 e. The number of aromatic nitrogens is 6. The minimum absolute atomic E-state index is 0.0389. The Morgan fingerprint density at radius 1 is 0.621 bits per heavy atom. The Balaban J connectivity index is 0.000000192. The van der Waals surface area contributed by atoms with Crippen molar-refractivity contribution in [2.24, 2.45) is 14.1 Å². The quantitative estimate of drug-likeness (QED) is 0.120. The van der Waals surface area contributed by atoms with Gasteiger partial charge in [0, 0.05) is 37.9 Å². The normalized spacial score (nSPS) is 15.1. The Kier molecular flexibility index (Phi) is 14.3. The molecule has 1 aliphatic rings. The molecule has 0 bridgehead atoms. The number of alkyl halides is 12. The van der Waals surface area contributed by atoms with E-state index in [1.165, 1.54) is 40.7 Å². The highest BCUT2D eigenvalue weighted by atomic mass is 79.9. The molecule has 0 N–H and O–H groups in total. The molecule has 4 aromatic heterocycles. The van der Waals surface area contributed by atoms with Gasteiger partial charge in [-0.2, -0.15) is 52.7 Å². The van der Waals surface area contributed by atoms with Crippen molar-refractivity contribution in [2.75, 3.05) is 13.2 Å². The number of nitrogens with zero attached hydrogens (tertiary/aromatic N) is 6. The molecule has 0 unspecified atom stereocenters. The maximum absolute atomic E-state index is 13.5. The molecular weight excluding hydrogens is 979 g/mol. The highest BCUT2D eigenvalue weighted by Crippen LogP contribution is 2.38. The van der Waals surface area contributed by atoms with Crippen molar-refractivity contribution in [1.29, 1.82) is 0 Å². The van der Waals surface area contributed by atoms with Crippen molar-refractivity contribution in [2.45, 2.75) is 77.4 Å². The molecule has 5 heterocycles. The summed E-state index contributed by atoms with van der Waals surface area (Å²) in [6.45, 7) is 8.19. The van der Waals surface area contributed by atoms with Crippen LogP contribution < -0.4 is 26.1 Å². The molecule has 0 saturated carbocycles. The van der Waals surface area contributed by atoms with E-state index in [4.69, 9.17) is 9.31 Å². The van der Waals surface area contributed by atoms with Gasteiger partial charge in [0.2, 0.25) is 11.6 Å². The standard InChI is InChI=1S/C17H13F6N3O2.C14H18BF3O3.C9H7BrF3N3O/c1-9-7-26-14(27)12(13(17(21,22)23)24-15(26)25(9)2)10-3-5-11(6-4-10)28-8-16(18,19)20;1-12(2)13(3,4)21-15(20-12)10-5-7-11(8-6-10)19-9-14(16,17)18;1-4-3-16-7(17)5(10)6(9(11,12)13)14-8(16)15(4)2/h3-7H,8H2,1-2H3;5-8H,9H2,1-4H3;3H,1-2H3. The van der Waals surface area contributed by atoms with Crippen LogP contribution in [0, 0.1) is 13.8 Å². The molecule has 358 valence electrons. The Morgan fingerprint density at radius 2 is 1.00 bits per heavy atom. The second kappa shape index (κ2) is 18.3. The van der Waals surface area contributed by atoms with E-state index in [1.807, 2.05) is 27.7 Å². The average Bonchev–Trinajstić information content (AvgIpc) is 3.74. The SMILES string of the molecule is CC1(C)OB(c2ccc(OCC(F)(F)F)cc2)OC1(C)C.Cc1cn2c(=O)c(-c3ccc(OCC(F)(F)F)cc3)c(C(F)(F)F)nc2n1C.Cc1cn2c(=O)c(Br)c(C(F)(F)F)nc2n1C. The number of fused-ring (bicyclic) bond motifs is 2. The summed E-state index contributed by atoms with van der Waals surface area (Å²) in [6, 6.07) is 10.5. The largest absolute Gasteiger partial charge is 0.494 e. The van der Waals surface area contributed by atoms with Gasteiger partial charge in [0.05, 0.1) is 16.8 Å². The summed E-state index contributed by atoms with van der Waals surface area (Å²) in [5.74, 6) is -0.251. The lowest BCUT2D eigenvalue weighted by atomic mass is 9.79. The van der Waals surface area contributed by atoms with Gasteiger partial charge >= 0.3 is 31.8 Å². The maximum Gasteiger partial charge on any atom is 0.494 e. The van der Waals surface area contributed by atoms with E-state index in [-0.39, 0.29) is 28.6 Å². The molecule has 1 aliphatic heterocycles. The van der Waals surface area contributed by atoms with E-state index >= 15 is 0 Å². The van der Waals surface area contributed by atoms with E-state index in [9.17, 15) is 62.3 Å². The van der Waals surface area contributed by atoms with Gasteiger partial charge in [-0.1, -0.05) is 24.3 Å². The molecule has 6 aromatic rings. The molecule has 26 heteroatoms. The minimum Gasteiger partial charge on any atom is -0.484 e. The van der Waals surface area contributed by atoms with Crippen LogP contribution in [0.2, 0.25) is 0 Å². The van der Waals surface area contributed by atoms with Crippen molar-refractivity contribution in [1.82, 2.24) is 27.9 Å². The van der Waals surface area contributed by atoms with Crippen LogP contribution in [-0.4, -0.2) is 71.8 Å². The second-order valence-electron chi connectivity index (χ2n) is 15.7. The van der Waals surface area contributed by atoms with Crippen LogP contribution in [0.4, 0.5) is 52.7 Å². The topological polar surface area (TPSA) is 116 Å². The first-order valence-electron chi connectivity index (χ1n) is 19.0. The van der Waals surface area contributed by atoms with E-state index in [2.05, 4.69) is 35.4 Å². The zero-order chi connectivity index (χ0) is 49.7. The van der Waals surface area contributed by atoms with Crippen molar-refractivity contribution in [3.63, 3.8) is 0 Å². The molecule has 66 heavy (non-hydrogen) atoms. The number of rotatable bonds is 6. The van der Waals surface area contributed by atoms with Crippen LogP contribution in [0.15, 0.2) is 75.0 Å². The lowest BCUT2D eigenvalue weighted by molar-refractivity contribution is -0.154. The van der Waals surface area contributed by atoms with Gasteiger partial charge in [-0.3, -0.25) is 18.4 Å². The van der Waals surface area contributed by atoms with Gasteiger partial charge in [-0.25, -0.2) is 9.97 Å². The summed E-state index contributed by atoms with van der Waals surface area (Å²) in [5.41, 5.74) is -4.13. The van der Waals surface area contributed by atoms with Gasteiger partial charge in [0.25, 0.3) is 11.1 Å². The first-order valence-corrected chi connectivity index (χ1v) is 19.8. The average molecular weight is 1020 g/mol. The first kappa shape index (κ1) is 51.5. The van der Waals surface area contributed by atoms with Gasteiger partial charge in [-0.05, 0) is 92.8 Å². The number of halogens is 13. The van der Waals surface area contributed by atoms with E-state index in [0.717, 1.165) is 38.5 Å². The number of hydrogen-bond acceptors (Lipinski definition) is 8. The summed E-state index contributed by atoms with van der Waals surface area (Å²) >= 11 is 2.65. The molecule has 1 saturated heterocycles. The van der Waals surface area contributed by atoms with Gasteiger partial charge in [0.1, 0.15) is 16.0 Å². The van der Waals surface area contributed by atoms with Crippen LogP contribution >= 0.6 is 15.9 Å². The number of imidazole rings is 2. The van der Waals surface area contributed by atoms with E-state index in [1.54, 1.807) is 33.0 Å². The molecule has 12 nitrogen and oxygen atoms in total. The van der Waals surface area contributed by atoms with Gasteiger partial charge in [0.15, 0.2) is 24.6 Å². The summed E-state index contributed by atoms with van der Waals surface area (Å²) in [7, 11) is 2.49. The summed E-state index contributed by atoms with van der Waals surface area (Å²) in [5, 5.41) is 0. The zero-order valence-corrected chi connectivity index (χ0v) is 37.4. The number of benzene rings is 2. The predicted molar refractivity (Wildman–Crippen MR) is 219 cm³/mol. The third-order valence-corrected chi connectivity index (χ3v) is 11.0. The van der Waals surface area contributed by atoms with E-state index < -0.39 is 88.8 Å². The van der Waals surface area contributed by atoms with E-state index in [0.29, 0.717) is 11.4 Å². The molecule has 0 spiro atoms. The third kappa shape index (κ3) is 11.5. The molecule has 0 aliphatic carbocycles. The lowest BCUT2D eigenvalue weighted by Crippen LogP contribution is -2.41. The number of hydrogen-bond donors (Lipinski definition) is 0. The zero-order valence-electron chi connectivity index (χ0n) is 35.8. The summed E-state index contributed by atoms with van der Waals surface area (Å²) in [4.78, 5) is 31.6. The summed E-state index contributed by atoms with van der Waals surface area (Å²) < 4.78 is 177. The molecule has 2 aromatic carbocycles. The maximum atomic E-state index is 13.5. The second-order valence-corrected chi connectivity index (χ2v) is 16.5. The van der Waals surface area contributed by atoms with Crippen molar-refractivity contribution in [3.05, 3.63) is 109 Å². The Hall–Kier alpha value is -5.50. The fourth-order valence-corrected chi connectivity index (χ4v) is 6.50. The molecule has 7 rings (SSSR count). The van der Waals surface area contributed by atoms with Gasteiger partial charge in [-0.15, -0.1) is 0 Å². The Labute approximate surface area is 375 Å². The van der Waals surface area contributed by atoms with Crippen LogP contribution in [0.25, 0.3) is 22.7 Å². The fourth-order valence-electron chi connectivity index (χ4n) is 5.99.